The summed E-state index contributed by atoms with van der Waals surface area (Å²) in [6, 6.07) is 5.15. The van der Waals surface area contributed by atoms with Gasteiger partial charge in [-0.1, -0.05) is 19.9 Å². The van der Waals surface area contributed by atoms with E-state index in [1.807, 2.05) is 6.07 Å². The van der Waals surface area contributed by atoms with Crippen LogP contribution in [-0.2, 0) is 14.6 Å². The molecule has 1 heterocycles. The van der Waals surface area contributed by atoms with Gasteiger partial charge in [0.05, 0.1) is 23.3 Å². The van der Waals surface area contributed by atoms with Crippen molar-refractivity contribution < 1.29 is 13.2 Å². The summed E-state index contributed by atoms with van der Waals surface area (Å²) in [6.45, 7) is 5.04. The number of ether oxygens (including phenoxy) is 1. The van der Waals surface area contributed by atoms with Crippen LogP contribution < -0.4 is 5.73 Å². The van der Waals surface area contributed by atoms with Crippen LogP contribution in [0.1, 0.15) is 38.4 Å². The van der Waals surface area contributed by atoms with Crippen LogP contribution in [-0.4, -0.2) is 21.3 Å². The molecule has 19 heavy (non-hydrogen) atoms. The molecule has 0 saturated carbocycles. The molecule has 1 aromatic carbocycles. The van der Waals surface area contributed by atoms with Crippen molar-refractivity contribution in [1.29, 1.82) is 0 Å². The van der Waals surface area contributed by atoms with Crippen molar-refractivity contribution in [3.63, 3.8) is 0 Å². The molecule has 1 aliphatic heterocycles. The van der Waals surface area contributed by atoms with Crippen LogP contribution in [0.2, 0.25) is 0 Å². The average Bonchev–Trinajstić information content (AvgIpc) is 2.28. The molecule has 106 valence electrons. The Labute approximate surface area is 114 Å². The van der Waals surface area contributed by atoms with Crippen LogP contribution in [0.15, 0.2) is 23.1 Å². The first-order valence-electron chi connectivity index (χ1n) is 6.40. The third kappa shape index (κ3) is 3.28. The van der Waals surface area contributed by atoms with Crippen molar-refractivity contribution in [1.82, 2.24) is 0 Å². The van der Waals surface area contributed by atoms with Gasteiger partial charge >= 0.3 is 0 Å². The zero-order valence-corrected chi connectivity index (χ0v) is 12.5. The number of nitrogens with two attached hydrogens (primary N) is 1. The summed E-state index contributed by atoms with van der Waals surface area (Å²) in [5.74, 6) is 0. The molecule has 0 amide bonds. The van der Waals surface area contributed by atoms with E-state index < -0.39 is 9.84 Å². The second kappa shape index (κ2) is 4.80. The van der Waals surface area contributed by atoms with Gasteiger partial charge in [0.25, 0.3) is 0 Å². The van der Waals surface area contributed by atoms with E-state index in [9.17, 15) is 8.42 Å². The molecule has 0 aliphatic carbocycles. The Morgan fingerprint density at radius 2 is 2.05 bits per heavy atom. The fraction of sp³-hybridized carbons (Fsp3) is 0.571. The van der Waals surface area contributed by atoms with E-state index in [0.717, 1.165) is 18.4 Å². The fourth-order valence-corrected chi connectivity index (χ4v) is 3.19. The topological polar surface area (TPSA) is 69.4 Å². The van der Waals surface area contributed by atoms with Crippen LogP contribution in [0.25, 0.3) is 0 Å². The van der Waals surface area contributed by atoms with Crippen LogP contribution in [0.5, 0.6) is 0 Å². The molecule has 1 aliphatic rings. The summed E-state index contributed by atoms with van der Waals surface area (Å²) in [5, 5.41) is 0. The first kappa shape index (κ1) is 14.3. The van der Waals surface area contributed by atoms with Gasteiger partial charge in [-0.05, 0) is 36.0 Å². The van der Waals surface area contributed by atoms with Gasteiger partial charge in [-0.2, -0.15) is 0 Å². The van der Waals surface area contributed by atoms with Crippen LogP contribution >= 0.6 is 0 Å². The minimum absolute atomic E-state index is 0.0332. The minimum atomic E-state index is -3.30. The number of hydrogen-bond donors (Lipinski definition) is 1. The highest BCUT2D eigenvalue weighted by Crippen LogP contribution is 2.38. The van der Waals surface area contributed by atoms with Gasteiger partial charge in [-0.3, -0.25) is 0 Å². The lowest BCUT2D eigenvalue weighted by molar-refractivity contribution is -0.0499. The first-order chi connectivity index (χ1) is 8.69. The SMILES string of the molecule is CC1(C)CCC(c2ccc(N)c(S(C)(=O)=O)c2)OC1. The summed E-state index contributed by atoms with van der Waals surface area (Å²) in [5.41, 5.74) is 7.11. The molecule has 0 radical (unpaired) electrons. The molecule has 4 nitrogen and oxygen atoms in total. The van der Waals surface area contributed by atoms with E-state index in [4.69, 9.17) is 10.5 Å². The fourth-order valence-electron chi connectivity index (χ4n) is 2.34. The first-order valence-corrected chi connectivity index (χ1v) is 8.29. The maximum absolute atomic E-state index is 11.7. The smallest absolute Gasteiger partial charge is 0.177 e. The maximum atomic E-state index is 11.7. The quantitative estimate of drug-likeness (QED) is 0.847. The van der Waals surface area contributed by atoms with E-state index in [1.165, 1.54) is 6.26 Å². The second-order valence-electron chi connectivity index (χ2n) is 6.07. The summed E-state index contributed by atoms with van der Waals surface area (Å²) >= 11 is 0. The molecule has 1 unspecified atom stereocenters. The molecule has 0 bridgehead atoms. The normalized spacial score (nSPS) is 23.2. The molecule has 1 aromatic rings. The predicted molar refractivity (Wildman–Crippen MR) is 75.7 cm³/mol. The molecule has 1 atom stereocenters. The minimum Gasteiger partial charge on any atom is -0.398 e. The molecule has 2 rings (SSSR count). The van der Waals surface area contributed by atoms with E-state index in [-0.39, 0.29) is 16.4 Å². The molecule has 5 heteroatoms. The van der Waals surface area contributed by atoms with Gasteiger partial charge in [-0.25, -0.2) is 8.42 Å². The number of hydrogen-bond acceptors (Lipinski definition) is 4. The maximum Gasteiger partial charge on any atom is 0.177 e. The van der Waals surface area contributed by atoms with E-state index in [2.05, 4.69) is 13.8 Å². The number of nitrogen functional groups attached to an aromatic ring is 1. The van der Waals surface area contributed by atoms with E-state index >= 15 is 0 Å². The highest BCUT2D eigenvalue weighted by Gasteiger charge is 2.29. The Morgan fingerprint density at radius 3 is 2.58 bits per heavy atom. The zero-order chi connectivity index (χ0) is 14.3. The predicted octanol–water partition coefficient (Wildman–Crippen LogP) is 2.55. The third-order valence-electron chi connectivity index (χ3n) is 3.57. The van der Waals surface area contributed by atoms with Crippen molar-refractivity contribution in [2.45, 2.75) is 37.7 Å². The molecule has 0 spiro atoms. The van der Waals surface area contributed by atoms with Gasteiger partial charge in [-0.15, -0.1) is 0 Å². The summed E-state index contributed by atoms with van der Waals surface area (Å²) in [6.07, 6.45) is 3.11. The standard InChI is InChI=1S/C14H21NO3S/c1-14(2)7-6-12(18-9-14)10-4-5-11(15)13(8-10)19(3,16)17/h4-5,8,12H,6-7,9,15H2,1-3H3. The van der Waals surface area contributed by atoms with Crippen molar-refractivity contribution in [3.05, 3.63) is 23.8 Å². The summed E-state index contributed by atoms with van der Waals surface area (Å²) in [4.78, 5) is 0.193. The highest BCUT2D eigenvalue weighted by atomic mass is 32.2. The number of rotatable bonds is 2. The number of sulfone groups is 1. The van der Waals surface area contributed by atoms with Gasteiger partial charge < -0.3 is 10.5 Å². The average molecular weight is 283 g/mol. The van der Waals surface area contributed by atoms with Crippen molar-refractivity contribution in [2.24, 2.45) is 5.41 Å². The van der Waals surface area contributed by atoms with Crippen LogP contribution in [0.3, 0.4) is 0 Å². The number of anilines is 1. The van der Waals surface area contributed by atoms with Crippen molar-refractivity contribution in [2.75, 3.05) is 18.6 Å². The lowest BCUT2D eigenvalue weighted by Gasteiger charge is -2.34. The monoisotopic (exact) mass is 283 g/mol. The summed E-state index contributed by atoms with van der Waals surface area (Å²) in [7, 11) is -3.30. The van der Waals surface area contributed by atoms with Crippen LogP contribution in [0, 0.1) is 5.41 Å². The molecule has 0 aromatic heterocycles. The van der Waals surface area contributed by atoms with Gasteiger partial charge in [0.1, 0.15) is 0 Å². The van der Waals surface area contributed by atoms with Gasteiger partial charge in [0.2, 0.25) is 0 Å². The van der Waals surface area contributed by atoms with Crippen molar-refractivity contribution >= 4 is 15.5 Å². The molecular weight excluding hydrogens is 262 g/mol. The van der Waals surface area contributed by atoms with Crippen LogP contribution in [0.4, 0.5) is 5.69 Å². The third-order valence-corrected chi connectivity index (χ3v) is 4.72. The molecular formula is C14H21NO3S. The highest BCUT2D eigenvalue weighted by molar-refractivity contribution is 7.90. The van der Waals surface area contributed by atoms with Crippen molar-refractivity contribution in [3.8, 4) is 0 Å². The second-order valence-corrected chi connectivity index (χ2v) is 8.06. The Kier molecular flexibility index (Phi) is 3.62. The molecule has 1 fully saturated rings. The largest absolute Gasteiger partial charge is 0.398 e. The molecule has 2 N–H and O–H groups in total. The Bertz CT molecular complexity index is 568. The Balaban J connectivity index is 2.28. The van der Waals surface area contributed by atoms with E-state index in [0.29, 0.717) is 12.3 Å². The summed E-state index contributed by atoms with van der Waals surface area (Å²) < 4.78 is 29.2. The lowest BCUT2D eigenvalue weighted by atomic mass is 9.84. The zero-order valence-electron chi connectivity index (χ0n) is 11.6. The Morgan fingerprint density at radius 1 is 1.37 bits per heavy atom. The Hall–Kier alpha value is -1.07. The van der Waals surface area contributed by atoms with Gasteiger partial charge in [0, 0.05) is 6.26 Å². The molecule has 1 saturated heterocycles. The number of benzene rings is 1. The van der Waals surface area contributed by atoms with Gasteiger partial charge in [0.15, 0.2) is 9.84 Å². The van der Waals surface area contributed by atoms with E-state index in [1.54, 1.807) is 12.1 Å². The lowest BCUT2D eigenvalue weighted by Crippen LogP contribution is -2.27.